The van der Waals surface area contributed by atoms with Gasteiger partial charge >= 0.3 is 5.97 Å². The lowest BCUT2D eigenvalue weighted by molar-refractivity contribution is -0.896. The van der Waals surface area contributed by atoms with E-state index in [4.69, 9.17) is 10.5 Å². The summed E-state index contributed by atoms with van der Waals surface area (Å²) in [6.45, 7) is 3.50. The van der Waals surface area contributed by atoms with E-state index in [1.165, 1.54) is 0 Å². The van der Waals surface area contributed by atoms with Crippen LogP contribution in [-0.4, -0.2) is 44.4 Å². The van der Waals surface area contributed by atoms with Crippen molar-refractivity contribution >= 4 is 5.97 Å². The van der Waals surface area contributed by atoms with Crippen LogP contribution in [0.3, 0.4) is 0 Å². The van der Waals surface area contributed by atoms with E-state index >= 15 is 0 Å². The highest BCUT2D eigenvalue weighted by Gasteiger charge is 2.19. The molecule has 0 spiro atoms. The first kappa shape index (κ1) is 11.1. The number of hydrogen-bond acceptors (Lipinski definition) is 3. The van der Waals surface area contributed by atoms with Gasteiger partial charge in [-0.1, -0.05) is 6.58 Å². The van der Waals surface area contributed by atoms with E-state index in [-0.39, 0.29) is 12.8 Å². The summed E-state index contributed by atoms with van der Waals surface area (Å²) >= 11 is 0. The molecule has 0 aromatic heterocycles. The molecule has 70 valence electrons. The largest absolute Gasteiger partial charge is 0.455 e. The molecule has 0 aliphatic heterocycles. The van der Waals surface area contributed by atoms with Gasteiger partial charge in [-0.2, -0.15) is 0 Å². The molecule has 4 nitrogen and oxygen atoms in total. The number of nitrogens with zero attached hydrogens (tertiary/aromatic N) is 1. The summed E-state index contributed by atoms with van der Waals surface area (Å²) in [7, 11) is 5.81. The summed E-state index contributed by atoms with van der Waals surface area (Å²) in [5.41, 5.74) is 5.71. The van der Waals surface area contributed by atoms with Crippen LogP contribution in [0.1, 0.15) is 0 Å². The molecule has 0 aliphatic rings. The van der Waals surface area contributed by atoms with Gasteiger partial charge in [0, 0.05) is 6.08 Å². The van der Waals surface area contributed by atoms with Crippen LogP contribution in [0.4, 0.5) is 0 Å². The topological polar surface area (TPSA) is 52.3 Å². The Kier molecular flexibility index (Phi) is 3.92. The fraction of sp³-hybridized carbons (Fsp3) is 0.625. The Bertz CT molecular complexity index is 172. The third kappa shape index (κ3) is 4.10. The Hall–Kier alpha value is -0.870. The quantitative estimate of drug-likeness (QED) is 0.275. The summed E-state index contributed by atoms with van der Waals surface area (Å²) in [5.74, 6) is -0.432. The standard InChI is InChI=1S/C8H17N2O2/c1-5-8(11)12-6-7(9)10(2,3)4/h5,7H,1,6,9H2,2-4H3/q+1. The third-order valence-corrected chi connectivity index (χ3v) is 1.56. The van der Waals surface area contributed by atoms with E-state index in [9.17, 15) is 4.79 Å². The van der Waals surface area contributed by atoms with Crippen LogP contribution in [0, 0.1) is 0 Å². The van der Waals surface area contributed by atoms with Crippen molar-refractivity contribution in [3.63, 3.8) is 0 Å². The van der Waals surface area contributed by atoms with Crippen LogP contribution >= 0.6 is 0 Å². The number of nitrogens with two attached hydrogens (primary N) is 1. The number of esters is 1. The first-order valence-electron chi connectivity index (χ1n) is 3.74. The second-order valence-electron chi connectivity index (χ2n) is 3.52. The Morgan fingerprint density at radius 1 is 1.67 bits per heavy atom. The van der Waals surface area contributed by atoms with Gasteiger partial charge in [0.05, 0.1) is 21.1 Å². The molecule has 0 fully saturated rings. The van der Waals surface area contributed by atoms with E-state index in [1.54, 1.807) is 0 Å². The van der Waals surface area contributed by atoms with Gasteiger partial charge in [-0.05, 0) is 0 Å². The molecule has 0 aromatic carbocycles. The number of quaternary nitrogens is 1. The maximum Gasteiger partial charge on any atom is 0.330 e. The molecule has 0 aromatic rings. The second-order valence-corrected chi connectivity index (χ2v) is 3.52. The maximum atomic E-state index is 10.6. The van der Waals surface area contributed by atoms with Crippen molar-refractivity contribution in [3.05, 3.63) is 12.7 Å². The smallest absolute Gasteiger partial charge is 0.330 e. The van der Waals surface area contributed by atoms with Crippen molar-refractivity contribution in [1.82, 2.24) is 0 Å². The molecule has 0 amide bonds. The third-order valence-electron chi connectivity index (χ3n) is 1.56. The van der Waals surface area contributed by atoms with E-state index in [0.29, 0.717) is 4.48 Å². The van der Waals surface area contributed by atoms with E-state index in [1.807, 2.05) is 21.1 Å². The highest BCUT2D eigenvalue weighted by atomic mass is 16.5. The molecule has 1 unspecified atom stereocenters. The van der Waals surface area contributed by atoms with Crippen molar-refractivity contribution in [2.24, 2.45) is 5.73 Å². The summed E-state index contributed by atoms with van der Waals surface area (Å²) in [6, 6.07) is 0. The SMILES string of the molecule is C=CC(=O)OCC(N)[N+](C)(C)C. The molecule has 0 radical (unpaired) electrons. The van der Waals surface area contributed by atoms with Gasteiger partial charge in [0.15, 0.2) is 12.8 Å². The summed E-state index contributed by atoms with van der Waals surface area (Å²) < 4.78 is 5.34. The van der Waals surface area contributed by atoms with E-state index < -0.39 is 5.97 Å². The van der Waals surface area contributed by atoms with Crippen molar-refractivity contribution < 1.29 is 14.0 Å². The van der Waals surface area contributed by atoms with Gasteiger partial charge in [0.1, 0.15) is 0 Å². The van der Waals surface area contributed by atoms with Gasteiger partial charge in [-0.15, -0.1) is 0 Å². The molecule has 0 rings (SSSR count). The minimum atomic E-state index is -0.432. The lowest BCUT2D eigenvalue weighted by Crippen LogP contribution is -2.53. The van der Waals surface area contributed by atoms with E-state index in [0.717, 1.165) is 6.08 Å². The molecule has 0 saturated carbocycles. The average Bonchev–Trinajstić information content (AvgIpc) is 1.97. The molecule has 1 atom stereocenters. The molecule has 2 N–H and O–H groups in total. The Balaban J connectivity index is 3.79. The zero-order valence-electron chi connectivity index (χ0n) is 7.91. The molecule has 0 heterocycles. The van der Waals surface area contributed by atoms with Crippen LogP contribution in [0.5, 0.6) is 0 Å². The van der Waals surface area contributed by atoms with Crippen molar-refractivity contribution in [3.8, 4) is 0 Å². The fourth-order valence-corrected chi connectivity index (χ4v) is 0.450. The normalized spacial score (nSPS) is 13.7. The van der Waals surface area contributed by atoms with Crippen molar-refractivity contribution in [1.29, 1.82) is 0 Å². The molecular formula is C8H17N2O2+. The summed E-state index contributed by atoms with van der Waals surface area (Å²) in [4.78, 5) is 10.6. The highest BCUT2D eigenvalue weighted by molar-refractivity contribution is 5.81. The number of hydrogen-bond donors (Lipinski definition) is 1. The van der Waals surface area contributed by atoms with Crippen LogP contribution in [-0.2, 0) is 9.53 Å². The molecule has 4 heteroatoms. The molecule has 0 saturated heterocycles. The van der Waals surface area contributed by atoms with Crippen LogP contribution in [0.2, 0.25) is 0 Å². The van der Waals surface area contributed by atoms with Gasteiger partial charge in [-0.3, -0.25) is 5.73 Å². The first-order chi connectivity index (χ1) is 5.38. The summed E-state index contributed by atoms with van der Waals surface area (Å²) in [6.07, 6.45) is 0.927. The predicted molar refractivity (Wildman–Crippen MR) is 47.2 cm³/mol. The number of rotatable bonds is 4. The number of carbonyl (C=O) groups is 1. The lowest BCUT2D eigenvalue weighted by atomic mass is 10.4. The molecule has 12 heavy (non-hydrogen) atoms. The zero-order valence-corrected chi connectivity index (χ0v) is 7.91. The fourth-order valence-electron chi connectivity index (χ4n) is 0.450. The van der Waals surface area contributed by atoms with Gasteiger partial charge in [0.25, 0.3) is 0 Å². The maximum absolute atomic E-state index is 10.6. The summed E-state index contributed by atoms with van der Waals surface area (Å²) in [5, 5.41) is 0. The molecule has 0 bridgehead atoms. The average molecular weight is 173 g/mol. The van der Waals surface area contributed by atoms with Gasteiger partial charge < -0.3 is 9.22 Å². The van der Waals surface area contributed by atoms with Crippen LogP contribution < -0.4 is 5.73 Å². The Morgan fingerprint density at radius 2 is 2.17 bits per heavy atom. The van der Waals surface area contributed by atoms with Gasteiger partial charge in [-0.25, -0.2) is 4.79 Å². The van der Waals surface area contributed by atoms with E-state index in [2.05, 4.69) is 6.58 Å². The minimum absolute atomic E-state index is 0.200. The monoisotopic (exact) mass is 173 g/mol. The lowest BCUT2D eigenvalue weighted by Gasteiger charge is -2.30. The first-order valence-corrected chi connectivity index (χ1v) is 3.74. The van der Waals surface area contributed by atoms with Crippen molar-refractivity contribution in [2.45, 2.75) is 6.17 Å². The Labute approximate surface area is 73.2 Å². The zero-order chi connectivity index (χ0) is 9.78. The molecule has 0 aliphatic carbocycles. The highest BCUT2D eigenvalue weighted by Crippen LogP contribution is 1.96. The number of carbonyl (C=O) groups excluding carboxylic acids is 1. The van der Waals surface area contributed by atoms with Crippen LogP contribution in [0.25, 0.3) is 0 Å². The predicted octanol–water partition coefficient (Wildman–Crippen LogP) is -0.293. The van der Waals surface area contributed by atoms with Gasteiger partial charge in [0.2, 0.25) is 0 Å². The minimum Gasteiger partial charge on any atom is -0.455 e. The van der Waals surface area contributed by atoms with Crippen LogP contribution in [0.15, 0.2) is 12.7 Å². The molecular weight excluding hydrogens is 156 g/mol. The number of ether oxygens (including phenoxy) is 1. The number of likely N-dealkylation sites (N-methyl/N-ethyl adjacent to an activating group) is 1. The second kappa shape index (κ2) is 4.23. The van der Waals surface area contributed by atoms with Crippen molar-refractivity contribution in [2.75, 3.05) is 27.7 Å². The Morgan fingerprint density at radius 3 is 2.50 bits per heavy atom.